The van der Waals surface area contributed by atoms with Crippen LogP contribution in [0.2, 0.25) is 0 Å². The summed E-state index contributed by atoms with van der Waals surface area (Å²) in [5.74, 6) is 1.20. The fourth-order valence-electron chi connectivity index (χ4n) is 3.34. The molecule has 0 atom stereocenters. The van der Waals surface area contributed by atoms with E-state index in [-0.39, 0.29) is 11.4 Å². The first-order valence-electron chi connectivity index (χ1n) is 9.16. The summed E-state index contributed by atoms with van der Waals surface area (Å²) in [6.07, 6.45) is 5.25. The number of ether oxygens (including phenoxy) is 1. The zero-order chi connectivity index (χ0) is 18.8. The third-order valence-electron chi connectivity index (χ3n) is 4.76. The SMILES string of the molecule is Cn1c(SCCCOc2ccc(F)cc2)nc2sc3c(c2c1=O)CCCC3. The molecule has 0 saturated carbocycles. The van der Waals surface area contributed by atoms with Gasteiger partial charge in [0.15, 0.2) is 5.16 Å². The van der Waals surface area contributed by atoms with Gasteiger partial charge in [0.25, 0.3) is 5.56 Å². The molecule has 0 N–H and O–H groups in total. The smallest absolute Gasteiger partial charge is 0.262 e. The standard InChI is InChI=1S/C20H21FN2O2S2/c1-23-19(24)17-15-5-2-3-6-16(15)27-18(17)22-20(23)26-12-4-11-25-14-9-7-13(21)8-10-14/h7-10H,2-6,11-12H2,1H3. The van der Waals surface area contributed by atoms with Gasteiger partial charge in [-0.1, -0.05) is 11.8 Å². The number of thiophene rings is 1. The number of nitrogens with zero attached hydrogens (tertiary/aromatic N) is 2. The largest absolute Gasteiger partial charge is 0.494 e. The van der Waals surface area contributed by atoms with Crippen molar-refractivity contribution in [2.45, 2.75) is 37.3 Å². The van der Waals surface area contributed by atoms with Gasteiger partial charge in [0.1, 0.15) is 16.4 Å². The van der Waals surface area contributed by atoms with Crippen molar-refractivity contribution < 1.29 is 9.13 Å². The molecule has 1 aliphatic carbocycles. The molecule has 0 fully saturated rings. The second-order valence-corrected chi connectivity index (χ2v) is 8.80. The minimum absolute atomic E-state index is 0.0736. The molecule has 7 heteroatoms. The van der Waals surface area contributed by atoms with Crippen molar-refractivity contribution in [3.63, 3.8) is 0 Å². The first kappa shape index (κ1) is 18.5. The van der Waals surface area contributed by atoms with Crippen molar-refractivity contribution in [3.05, 3.63) is 50.9 Å². The maximum atomic E-state index is 12.9. The average Bonchev–Trinajstić information content (AvgIpc) is 3.05. The molecule has 4 nitrogen and oxygen atoms in total. The first-order chi connectivity index (χ1) is 13.1. The van der Waals surface area contributed by atoms with E-state index in [2.05, 4.69) is 0 Å². The fraction of sp³-hybridized carbons (Fsp3) is 0.400. The third-order valence-corrected chi connectivity index (χ3v) is 7.06. The number of aromatic nitrogens is 2. The lowest BCUT2D eigenvalue weighted by Gasteiger charge is -2.11. The fourth-order valence-corrected chi connectivity index (χ4v) is 5.53. The minimum Gasteiger partial charge on any atom is -0.494 e. The van der Waals surface area contributed by atoms with Gasteiger partial charge < -0.3 is 4.74 Å². The molecule has 0 saturated heterocycles. The molecule has 4 rings (SSSR count). The molecule has 1 aromatic carbocycles. The Balaban J connectivity index is 1.41. The van der Waals surface area contributed by atoms with Crippen molar-refractivity contribution in [3.8, 4) is 5.75 Å². The van der Waals surface area contributed by atoms with Crippen molar-refractivity contribution in [2.24, 2.45) is 7.05 Å². The summed E-state index contributed by atoms with van der Waals surface area (Å²) in [6.45, 7) is 0.544. The van der Waals surface area contributed by atoms with Crippen molar-refractivity contribution in [1.82, 2.24) is 9.55 Å². The quantitative estimate of drug-likeness (QED) is 0.343. The highest BCUT2D eigenvalue weighted by atomic mass is 32.2. The summed E-state index contributed by atoms with van der Waals surface area (Å²) in [5, 5.41) is 1.59. The lowest BCUT2D eigenvalue weighted by molar-refractivity contribution is 0.318. The summed E-state index contributed by atoms with van der Waals surface area (Å²) < 4.78 is 20.2. The van der Waals surface area contributed by atoms with Crippen LogP contribution < -0.4 is 10.3 Å². The second-order valence-electron chi connectivity index (χ2n) is 6.65. The van der Waals surface area contributed by atoms with Crippen LogP contribution >= 0.6 is 23.1 Å². The van der Waals surface area contributed by atoms with E-state index in [0.717, 1.165) is 46.8 Å². The van der Waals surface area contributed by atoms with E-state index in [1.807, 2.05) is 0 Å². The molecule has 27 heavy (non-hydrogen) atoms. The molecule has 0 spiro atoms. The van der Waals surface area contributed by atoms with Crippen LogP contribution in [0.5, 0.6) is 5.75 Å². The van der Waals surface area contributed by atoms with Gasteiger partial charge in [0.05, 0.1) is 12.0 Å². The molecule has 1 aliphatic rings. The lowest BCUT2D eigenvalue weighted by Crippen LogP contribution is -2.20. The number of aryl methyl sites for hydroxylation is 2. The van der Waals surface area contributed by atoms with E-state index >= 15 is 0 Å². The van der Waals surface area contributed by atoms with E-state index in [1.165, 1.54) is 29.0 Å². The van der Waals surface area contributed by atoms with Crippen molar-refractivity contribution >= 4 is 33.3 Å². The van der Waals surface area contributed by atoms with Gasteiger partial charge in [-0.3, -0.25) is 9.36 Å². The monoisotopic (exact) mass is 404 g/mol. The summed E-state index contributed by atoms with van der Waals surface area (Å²) in [5.41, 5.74) is 1.31. The number of hydrogen-bond acceptors (Lipinski definition) is 5. The van der Waals surface area contributed by atoms with Crippen molar-refractivity contribution in [2.75, 3.05) is 12.4 Å². The Labute approximate surface area is 165 Å². The molecular formula is C20H21FN2O2S2. The minimum atomic E-state index is -0.268. The molecule has 3 aromatic rings. The molecule has 0 radical (unpaired) electrons. The first-order valence-corrected chi connectivity index (χ1v) is 11.0. The Morgan fingerprint density at radius 3 is 2.85 bits per heavy atom. The molecule has 2 aromatic heterocycles. The Hall–Kier alpha value is -1.86. The highest BCUT2D eigenvalue weighted by molar-refractivity contribution is 7.99. The predicted molar refractivity (Wildman–Crippen MR) is 109 cm³/mol. The van der Waals surface area contributed by atoms with Gasteiger partial charge in [-0.25, -0.2) is 9.37 Å². The summed E-state index contributed by atoms with van der Waals surface area (Å²) in [4.78, 5) is 19.8. The van der Waals surface area contributed by atoms with E-state index in [0.29, 0.717) is 12.4 Å². The Kier molecular flexibility index (Phi) is 5.50. The second kappa shape index (κ2) is 8.02. The van der Waals surface area contributed by atoms with Crippen LogP contribution in [0.4, 0.5) is 4.39 Å². The Morgan fingerprint density at radius 1 is 1.26 bits per heavy atom. The van der Waals surface area contributed by atoms with Gasteiger partial charge in [0.2, 0.25) is 0 Å². The van der Waals surface area contributed by atoms with E-state index < -0.39 is 0 Å². The summed E-state index contributed by atoms with van der Waals surface area (Å²) >= 11 is 3.26. The van der Waals surface area contributed by atoms with Gasteiger partial charge in [-0.2, -0.15) is 0 Å². The number of thioether (sulfide) groups is 1. The third kappa shape index (κ3) is 3.89. The van der Waals surface area contributed by atoms with Crippen LogP contribution in [0.25, 0.3) is 10.2 Å². The molecule has 0 aliphatic heterocycles. The van der Waals surface area contributed by atoms with Crippen LogP contribution in [0.15, 0.2) is 34.2 Å². The normalized spacial score (nSPS) is 13.7. The van der Waals surface area contributed by atoms with Gasteiger partial charge in [0, 0.05) is 17.7 Å². The van der Waals surface area contributed by atoms with Crippen LogP contribution in [0.1, 0.15) is 29.7 Å². The molecule has 2 heterocycles. The Bertz CT molecular complexity index is 1010. The topological polar surface area (TPSA) is 44.1 Å². The van der Waals surface area contributed by atoms with Gasteiger partial charge in [-0.15, -0.1) is 11.3 Å². The number of hydrogen-bond donors (Lipinski definition) is 0. The number of halogens is 1. The number of benzene rings is 1. The van der Waals surface area contributed by atoms with E-state index in [4.69, 9.17) is 9.72 Å². The number of rotatable bonds is 6. The van der Waals surface area contributed by atoms with Crippen LogP contribution in [0, 0.1) is 5.82 Å². The van der Waals surface area contributed by atoms with Crippen molar-refractivity contribution in [1.29, 1.82) is 0 Å². The highest BCUT2D eigenvalue weighted by Crippen LogP contribution is 2.34. The average molecular weight is 405 g/mol. The van der Waals surface area contributed by atoms with E-state index in [1.54, 1.807) is 46.8 Å². The highest BCUT2D eigenvalue weighted by Gasteiger charge is 2.21. The lowest BCUT2D eigenvalue weighted by atomic mass is 9.97. The molecule has 142 valence electrons. The number of fused-ring (bicyclic) bond motifs is 3. The molecule has 0 bridgehead atoms. The summed E-state index contributed by atoms with van der Waals surface area (Å²) in [6, 6.07) is 6.03. The van der Waals surface area contributed by atoms with E-state index in [9.17, 15) is 9.18 Å². The predicted octanol–water partition coefficient (Wildman–Crippen LogP) is 4.57. The maximum Gasteiger partial charge on any atom is 0.262 e. The van der Waals surface area contributed by atoms with Crippen LogP contribution in [-0.4, -0.2) is 21.9 Å². The maximum absolute atomic E-state index is 12.9. The van der Waals surface area contributed by atoms with Gasteiger partial charge >= 0.3 is 0 Å². The molecular weight excluding hydrogens is 383 g/mol. The van der Waals surface area contributed by atoms with Crippen LogP contribution in [0.3, 0.4) is 0 Å². The zero-order valence-electron chi connectivity index (χ0n) is 15.2. The summed E-state index contributed by atoms with van der Waals surface area (Å²) in [7, 11) is 1.80. The van der Waals surface area contributed by atoms with Crippen LogP contribution in [-0.2, 0) is 19.9 Å². The molecule has 0 amide bonds. The zero-order valence-corrected chi connectivity index (χ0v) is 16.8. The Morgan fingerprint density at radius 2 is 2.04 bits per heavy atom. The van der Waals surface area contributed by atoms with Gasteiger partial charge in [-0.05, 0) is 61.9 Å². The molecule has 0 unspecified atom stereocenters.